The molecule has 1 aromatic carbocycles. The third-order valence-electron chi connectivity index (χ3n) is 3.91. The van der Waals surface area contributed by atoms with E-state index in [0.717, 1.165) is 12.8 Å². The Hall–Kier alpha value is -0.690. The molecule has 1 heterocycles. The molecule has 1 fully saturated rings. The molecule has 1 aliphatic heterocycles. The molecular weight excluding hydrogens is 315 g/mol. The Balaban J connectivity index is 2.07. The van der Waals surface area contributed by atoms with Crippen molar-refractivity contribution in [1.29, 1.82) is 0 Å². The van der Waals surface area contributed by atoms with Crippen LogP contribution >= 0.6 is 11.6 Å². The number of halogens is 2. The maximum absolute atomic E-state index is 13.9. The predicted octanol–water partition coefficient (Wildman–Crippen LogP) is 2.54. The van der Waals surface area contributed by atoms with E-state index < -0.39 is 21.9 Å². The maximum atomic E-state index is 13.9. The minimum atomic E-state index is -3.18. The second-order valence-electron chi connectivity index (χ2n) is 5.61. The van der Waals surface area contributed by atoms with Gasteiger partial charge in [0.25, 0.3) is 0 Å². The Labute approximate surface area is 130 Å². The monoisotopic (exact) mass is 334 g/mol. The highest BCUT2D eigenvalue weighted by atomic mass is 35.5. The van der Waals surface area contributed by atoms with Crippen LogP contribution in [0.15, 0.2) is 18.2 Å². The topological polar surface area (TPSA) is 63.4 Å². The number of benzene rings is 1. The van der Waals surface area contributed by atoms with Gasteiger partial charge in [-0.25, -0.2) is 17.1 Å². The molecule has 2 atom stereocenters. The number of hydrogen-bond acceptors (Lipinski definition) is 3. The van der Waals surface area contributed by atoms with Crippen LogP contribution in [0.1, 0.15) is 30.9 Å². The average Bonchev–Trinajstić information content (AvgIpc) is 2.37. The van der Waals surface area contributed by atoms with Crippen LogP contribution in [0.2, 0.25) is 5.02 Å². The Morgan fingerprint density at radius 2 is 2.24 bits per heavy atom. The minimum absolute atomic E-state index is 0.124. The fourth-order valence-electron chi connectivity index (χ4n) is 2.86. The van der Waals surface area contributed by atoms with Gasteiger partial charge in [0.15, 0.2) is 0 Å². The summed E-state index contributed by atoms with van der Waals surface area (Å²) in [4.78, 5) is 0. The molecule has 0 saturated carbocycles. The third-order valence-corrected chi connectivity index (χ3v) is 5.51. The van der Waals surface area contributed by atoms with E-state index in [1.165, 1.54) is 16.6 Å². The predicted molar refractivity (Wildman–Crippen MR) is 82.1 cm³/mol. The second kappa shape index (κ2) is 6.60. The SMILES string of the molecule is CS(=O)(=O)N1CCCC(CC(N)c2c(F)cccc2Cl)C1. The van der Waals surface area contributed by atoms with Crippen LogP contribution < -0.4 is 5.73 Å². The summed E-state index contributed by atoms with van der Waals surface area (Å²) < 4.78 is 38.5. The summed E-state index contributed by atoms with van der Waals surface area (Å²) in [6, 6.07) is 3.97. The van der Waals surface area contributed by atoms with Crippen molar-refractivity contribution < 1.29 is 12.8 Å². The summed E-state index contributed by atoms with van der Waals surface area (Å²) in [5, 5.41) is 0.318. The van der Waals surface area contributed by atoms with E-state index in [2.05, 4.69) is 0 Å². The van der Waals surface area contributed by atoms with Crippen molar-refractivity contribution in [3.05, 3.63) is 34.6 Å². The van der Waals surface area contributed by atoms with Gasteiger partial charge in [0.2, 0.25) is 10.0 Å². The molecule has 0 radical (unpaired) electrons. The van der Waals surface area contributed by atoms with Gasteiger partial charge in [0.1, 0.15) is 5.82 Å². The lowest BCUT2D eigenvalue weighted by Gasteiger charge is -2.32. The van der Waals surface area contributed by atoms with Crippen LogP contribution in [-0.2, 0) is 10.0 Å². The molecular formula is C14H20ClFN2O2S. The van der Waals surface area contributed by atoms with Crippen LogP contribution in [0, 0.1) is 11.7 Å². The molecule has 1 aromatic rings. The highest BCUT2D eigenvalue weighted by Crippen LogP contribution is 2.31. The Morgan fingerprint density at radius 3 is 2.86 bits per heavy atom. The first kappa shape index (κ1) is 16.7. The summed E-state index contributed by atoms with van der Waals surface area (Å²) in [6.45, 7) is 0.990. The summed E-state index contributed by atoms with van der Waals surface area (Å²) in [6.07, 6.45) is 3.43. The van der Waals surface area contributed by atoms with Crippen molar-refractivity contribution in [2.45, 2.75) is 25.3 Å². The molecule has 0 bridgehead atoms. The van der Waals surface area contributed by atoms with E-state index in [1.807, 2.05) is 0 Å². The van der Waals surface area contributed by atoms with Gasteiger partial charge in [-0.2, -0.15) is 0 Å². The van der Waals surface area contributed by atoms with E-state index >= 15 is 0 Å². The largest absolute Gasteiger partial charge is 0.324 e. The quantitative estimate of drug-likeness (QED) is 0.920. The first-order valence-electron chi connectivity index (χ1n) is 6.93. The van der Waals surface area contributed by atoms with Crippen molar-refractivity contribution >= 4 is 21.6 Å². The number of hydrogen-bond donors (Lipinski definition) is 1. The molecule has 7 heteroatoms. The molecule has 0 amide bonds. The fraction of sp³-hybridized carbons (Fsp3) is 0.571. The third kappa shape index (κ3) is 4.16. The van der Waals surface area contributed by atoms with Crippen LogP contribution in [0.4, 0.5) is 4.39 Å². The van der Waals surface area contributed by atoms with Crippen molar-refractivity contribution in [1.82, 2.24) is 4.31 Å². The normalized spacial score (nSPS) is 22.2. The van der Waals surface area contributed by atoms with E-state index in [4.69, 9.17) is 17.3 Å². The van der Waals surface area contributed by atoms with Gasteiger partial charge in [-0.1, -0.05) is 17.7 Å². The number of nitrogens with two attached hydrogens (primary N) is 1. The highest BCUT2D eigenvalue weighted by molar-refractivity contribution is 7.88. The highest BCUT2D eigenvalue weighted by Gasteiger charge is 2.28. The van der Waals surface area contributed by atoms with Crippen LogP contribution in [-0.4, -0.2) is 32.1 Å². The summed E-state index contributed by atoms with van der Waals surface area (Å²) in [5.41, 5.74) is 6.41. The molecule has 1 aliphatic rings. The van der Waals surface area contributed by atoms with E-state index in [9.17, 15) is 12.8 Å². The van der Waals surface area contributed by atoms with Gasteiger partial charge in [-0.05, 0) is 37.3 Å². The molecule has 2 N–H and O–H groups in total. The first-order chi connectivity index (χ1) is 9.79. The van der Waals surface area contributed by atoms with Gasteiger partial charge in [0, 0.05) is 29.7 Å². The first-order valence-corrected chi connectivity index (χ1v) is 9.16. The molecule has 21 heavy (non-hydrogen) atoms. The van der Waals surface area contributed by atoms with Gasteiger partial charge in [-0.3, -0.25) is 0 Å². The molecule has 1 saturated heterocycles. The van der Waals surface area contributed by atoms with Gasteiger partial charge >= 0.3 is 0 Å². The van der Waals surface area contributed by atoms with Gasteiger partial charge in [0.05, 0.1) is 6.26 Å². The van der Waals surface area contributed by atoms with Crippen molar-refractivity contribution in [2.24, 2.45) is 11.7 Å². The molecule has 118 valence electrons. The second-order valence-corrected chi connectivity index (χ2v) is 8.00. The Morgan fingerprint density at radius 1 is 1.52 bits per heavy atom. The molecule has 2 unspecified atom stereocenters. The summed E-state index contributed by atoms with van der Waals surface area (Å²) in [5.74, 6) is -0.287. The number of sulfonamides is 1. The van der Waals surface area contributed by atoms with Crippen molar-refractivity contribution in [3.8, 4) is 0 Å². The minimum Gasteiger partial charge on any atom is -0.324 e. The zero-order valence-electron chi connectivity index (χ0n) is 11.9. The fourth-order valence-corrected chi connectivity index (χ4v) is 4.11. The van der Waals surface area contributed by atoms with Crippen molar-refractivity contribution in [3.63, 3.8) is 0 Å². The standard InChI is InChI=1S/C14H20ClFN2O2S/c1-21(19,20)18-7-3-4-10(9-18)8-13(17)14-11(15)5-2-6-12(14)16/h2,5-6,10,13H,3-4,7-9,17H2,1H3. The smallest absolute Gasteiger partial charge is 0.211 e. The van der Waals surface area contributed by atoms with Crippen LogP contribution in [0.25, 0.3) is 0 Å². The maximum Gasteiger partial charge on any atom is 0.211 e. The molecule has 2 rings (SSSR count). The Bertz CT molecular complexity index is 589. The zero-order chi connectivity index (χ0) is 15.6. The summed E-state index contributed by atoms with van der Waals surface area (Å²) >= 11 is 6.02. The molecule has 4 nitrogen and oxygen atoms in total. The lowest BCUT2D eigenvalue weighted by atomic mass is 9.90. The van der Waals surface area contributed by atoms with Gasteiger partial charge < -0.3 is 5.73 Å². The summed E-state index contributed by atoms with van der Waals surface area (Å²) in [7, 11) is -3.18. The van der Waals surface area contributed by atoms with Crippen LogP contribution in [0.3, 0.4) is 0 Å². The van der Waals surface area contributed by atoms with Gasteiger partial charge in [-0.15, -0.1) is 0 Å². The average molecular weight is 335 g/mol. The molecule has 0 aromatic heterocycles. The lowest BCUT2D eigenvalue weighted by molar-refractivity contribution is 0.246. The molecule has 0 spiro atoms. The number of rotatable bonds is 4. The van der Waals surface area contributed by atoms with E-state index in [-0.39, 0.29) is 5.92 Å². The van der Waals surface area contributed by atoms with E-state index in [0.29, 0.717) is 30.1 Å². The van der Waals surface area contributed by atoms with E-state index in [1.54, 1.807) is 12.1 Å². The lowest BCUT2D eigenvalue weighted by Crippen LogP contribution is -2.40. The number of piperidine rings is 1. The number of nitrogens with zero attached hydrogens (tertiary/aromatic N) is 1. The van der Waals surface area contributed by atoms with Crippen molar-refractivity contribution in [2.75, 3.05) is 19.3 Å². The molecule has 0 aliphatic carbocycles. The van der Waals surface area contributed by atoms with Crippen LogP contribution in [0.5, 0.6) is 0 Å². The zero-order valence-corrected chi connectivity index (χ0v) is 13.5. The Kier molecular flexibility index (Phi) is 5.24.